The number of carbonyl (C=O) groups is 1. The highest BCUT2D eigenvalue weighted by Gasteiger charge is 2.34. The van der Waals surface area contributed by atoms with E-state index in [1.165, 1.54) is 24.5 Å². The van der Waals surface area contributed by atoms with E-state index in [2.05, 4.69) is 9.97 Å². The summed E-state index contributed by atoms with van der Waals surface area (Å²) in [6.45, 7) is 3.39. The molecular formula is C22H17F4N3O3. The molecule has 10 heteroatoms. The van der Waals surface area contributed by atoms with Crippen molar-refractivity contribution >= 4 is 16.8 Å². The van der Waals surface area contributed by atoms with Crippen LogP contribution >= 0.6 is 0 Å². The number of nitrogens with zero attached hydrogens (tertiary/aromatic N) is 2. The molecule has 0 aliphatic rings. The first-order valence-corrected chi connectivity index (χ1v) is 9.58. The Morgan fingerprint density at radius 3 is 2.38 bits per heavy atom. The van der Waals surface area contributed by atoms with Gasteiger partial charge in [-0.1, -0.05) is 13.8 Å². The zero-order valence-electron chi connectivity index (χ0n) is 16.9. The van der Waals surface area contributed by atoms with Crippen LogP contribution in [0.25, 0.3) is 28.0 Å². The quantitative estimate of drug-likeness (QED) is 0.222. The van der Waals surface area contributed by atoms with Gasteiger partial charge in [0.25, 0.3) is 0 Å². The molecule has 0 atom stereocenters. The molecule has 0 aliphatic carbocycles. The summed E-state index contributed by atoms with van der Waals surface area (Å²) in [6, 6.07) is 4.37. The molecule has 6 nitrogen and oxygen atoms in total. The van der Waals surface area contributed by atoms with Crippen LogP contribution in [0.15, 0.2) is 30.6 Å². The van der Waals surface area contributed by atoms with Crippen molar-refractivity contribution in [2.75, 3.05) is 0 Å². The molecule has 0 amide bonds. The van der Waals surface area contributed by atoms with Gasteiger partial charge in [0.05, 0.1) is 39.9 Å². The van der Waals surface area contributed by atoms with Gasteiger partial charge in [-0.05, 0) is 24.1 Å². The Morgan fingerprint density at radius 1 is 1.09 bits per heavy atom. The van der Waals surface area contributed by atoms with E-state index < -0.39 is 57.5 Å². The minimum absolute atomic E-state index is 0.0351. The monoisotopic (exact) mass is 447 g/mol. The third-order valence-electron chi connectivity index (χ3n) is 5.00. The van der Waals surface area contributed by atoms with Gasteiger partial charge in [-0.2, -0.15) is 0 Å². The lowest BCUT2D eigenvalue weighted by atomic mass is 9.97. The number of halogens is 4. The average molecular weight is 447 g/mol. The smallest absolute Gasteiger partial charge is 0.240 e. The van der Waals surface area contributed by atoms with E-state index in [4.69, 9.17) is 0 Å². The van der Waals surface area contributed by atoms with Crippen LogP contribution in [0.1, 0.15) is 30.6 Å². The Bertz CT molecular complexity index is 1350. The molecule has 2 aromatic carbocycles. The number of carbonyl (C=O) groups excluding carboxylic acids is 1. The lowest BCUT2D eigenvalue weighted by Crippen LogP contribution is -2.09. The Labute approximate surface area is 178 Å². The Hall–Kier alpha value is -3.82. The van der Waals surface area contributed by atoms with Gasteiger partial charge in [0.15, 0.2) is 34.8 Å². The van der Waals surface area contributed by atoms with Crippen LogP contribution in [0, 0.1) is 29.2 Å². The first-order valence-electron chi connectivity index (χ1n) is 9.58. The van der Waals surface area contributed by atoms with E-state index >= 15 is 0 Å². The SMILES string of the molecule is CC(C)CC(=O)c1c(O)c(O)n(-c2ccc3nc[nH]c3c2)c1-c1c(F)c(F)cc(F)c1F. The van der Waals surface area contributed by atoms with Crippen LogP contribution in [0.3, 0.4) is 0 Å². The number of nitrogens with one attached hydrogen (secondary N) is 1. The van der Waals surface area contributed by atoms with E-state index in [0.717, 1.165) is 4.57 Å². The maximum atomic E-state index is 14.8. The number of hydrogen-bond donors (Lipinski definition) is 3. The van der Waals surface area contributed by atoms with E-state index in [-0.39, 0.29) is 24.1 Å². The molecular weight excluding hydrogens is 430 g/mol. The van der Waals surface area contributed by atoms with Crippen molar-refractivity contribution in [1.82, 2.24) is 14.5 Å². The average Bonchev–Trinajstić information content (AvgIpc) is 3.28. The van der Waals surface area contributed by atoms with Gasteiger partial charge in [-0.15, -0.1) is 0 Å². The molecule has 0 bridgehead atoms. The summed E-state index contributed by atoms with van der Waals surface area (Å²) in [5.74, 6) is -9.82. The number of fused-ring (bicyclic) bond motifs is 1. The lowest BCUT2D eigenvalue weighted by molar-refractivity contribution is 0.0966. The second-order valence-corrected chi connectivity index (χ2v) is 7.70. The van der Waals surface area contributed by atoms with Gasteiger partial charge >= 0.3 is 0 Å². The number of H-pyrrole nitrogens is 1. The van der Waals surface area contributed by atoms with Crippen molar-refractivity contribution < 1.29 is 32.6 Å². The fraction of sp³-hybridized carbons (Fsp3) is 0.182. The Morgan fingerprint density at radius 2 is 1.75 bits per heavy atom. The van der Waals surface area contributed by atoms with Gasteiger partial charge in [0.1, 0.15) is 0 Å². The zero-order chi connectivity index (χ0) is 23.3. The predicted octanol–water partition coefficient (Wildman–Crippen LogP) is 5.22. The van der Waals surface area contributed by atoms with Gasteiger partial charge in [0.2, 0.25) is 5.88 Å². The molecule has 2 heterocycles. The number of rotatable bonds is 5. The molecule has 0 fully saturated rings. The molecule has 4 rings (SSSR count). The van der Waals surface area contributed by atoms with E-state index in [1.54, 1.807) is 13.8 Å². The minimum atomic E-state index is -1.77. The van der Waals surface area contributed by atoms with E-state index in [1.807, 2.05) is 0 Å². The minimum Gasteiger partial charge on any atom is -0.503 e. The van der Waals surface area contributed by atoms with Crippen molar-refractivity contribution in [1.29, 1.82) is 0 Å². The zero-order valence-corrected chi connectivity index (χ0v) is 16.9. The van der Waals surface area contributed by atoms with Crippen LogP contribution < -0.4 is 0 Å². The standard InChI is InChI=1S/C22H17F4N3O3/c1-9(2)5-15(30)16-20(17-18(25)11(23)7-12(24)19(17)26)29(22(32)21(16)31)10-3-4-13-14(6-10)28-8-27-13/h3-4,6-9,31-32H,5H2,1-2H3,(H,27,28). The molecule has 2 aromatic heterocycles. The first-order chi connectivity index (χ1) is 15.1. The summed E-state index contributed by atoms with van der Waals surface area (Å²) < 4.78 is 58.4. The molecule has 0 aliphatic heterocycles. The number of hydrogen-bond acceptors (Lipinski definition) is 4. The third kappa shape index (κ3) is 3.28. The number of benzene rings is 2. The molecule has 0 unspecified atom stereocenters. The molecule has 0 saturated carbocycles. The lowest BCUT2D eigenvalue weighted by Gasteiger charge is -2.14. The van der Waals surface area contributed by atoms with Crippen LogP contribution in [0.2, 0.25) is 0 Å². The molecule has 0 radical (unpaired) electrons. The van der Waals surface area contributed by atoms with Crippen LogP contribution in [-0.4, -0.2) is 30.5 Å². The summed E-state index contributed by atoms with van der Waals surface area (Å²) in [7, 11) is 0. The van der Waals surface area contributed by atoms with Crippen LogP contribution in [0.4, 0.5) is 17.6 Å². The second kappa shape index (κ2) is 7.70. The number of ketones is 1. The van der Waals surface area contributed by atoms with Gasteiger partial charge in [0, 0.05) is 12.5 Å². The number of aromatic amines is 1. The summed E-state index contributed by atoms with van der Waals surface area (Å²) in [4.78, 5) is 19.8. The van der Waals surface area contributed by atoms with Gasteiger partial charge in [-0.25, -0.2) is 22.5 Å². The van der Waals surface area contributed by atoms with Gasteiger partial charge in [-0.3, -0.25) is 9.36 Å². The fourth-order valence-electron chi connectivity index (χ4n) is 3.62. The Kier molecular flexibility index (Phi) is 5.15. The number of imidazole rings is 1. The number of Topliss-reactive ketones (excluding diaryl/α,β-unsaturated/α-hetero) is 1. The predicted molar refractivity (Wildman–Crippen MR) is 108 cm³/mol. The van der Waals surface area contributed by atoms with Crippen molar-refractivity contribution in [3.63, 3.8) is 0 Å². The van der Waals surface area contributed by atoms with Crippen LogP contribution in [-0.2, 0) is 0 Å². The van der Waals surface area contributed by atoms with E-state index in [9.17, 15) is 32.6 Å². The summed E-state index contributed by atoms with van der Waals surface area (Å²) in [5.41, 5.74) is -1.55. The highest BCUT2D eigenvalue weighted by atomic mass is 19.2. The van der Waals surface area contributed by atoms with Gasteiger partial charge < -0.3 is 15.2 Å². The molecule has 166 valence electrons. The Balaban J connectivity index is 2.13. The highest BCUT2D eigenvalue weighted by Crippen LogP contribution is 2.46. The normalized spacial score (nSPS) is 11.6. The summed E-state index contributed by atoms with van der Waals surface area (Å²) in [6.07, 6.45) is 1.23. The molecule has 3 N–H and O–H groups in total. The third-order valence-corrected chi connectivity index (χ3v) is 5.00. The number of aromatic hydroxyl groups is 2. The summed E-state index contributed by atoms with van der Waals surface area (Å²) >= 11 is 0. The highest BCUT2D eigenvalue weighted by molar-refractivity contribution is 6.06. The van der Waals surface area contributed by atoms with Crippen molar-refractivity contribution in [2.45, 2.75) is 20.3 Å². The summed E-state index contributed by atoms with van der Waals surface area (Å²) in [5, 5.41) is 21.2. The molecule has 4 aromatic rings. The van der Waals surface area contributed by atoms with E-state index in [0.29, 0.717) is 11.0 Å². The van der Waals surface area contributed by atoms with Crippen LogP contribution in [0.5, 0.6) is 11.6 Å². The van der Waals surface area contributed by atoms with Crippen molar-refractivity contribution in [3.8, 4) is 28.6 Å². The maximum Gasteiger partial charge on any atom is 0.240 e. The molecule has 0 spiro atoms. The first kappa shape index (κ1) is 21.4. The number of aromatic nitrogens is 3. The molecule has 0 saturated heterocycles. The fourth-order valence-corrected chi connectivity index (χ4v) is 3.62. The maximum absolute atomic E-state index is 14.8. The topological polar surface area (TPSA) is 91.1 Å². The van der Waals surface area contributed by atoms with Crippen molar-refractivity contribution in [3.05, 3.63) is 59.4 Å². The largest absolute Gasteiger partial charge is 0.503 e. The molecule has 32 heavy (non-hydrogen) atoms. The van der Waals surface area contributed by atoms with Crippen molar-refractivity contribution in [2.24, 2.45) is 5.92 Å². The second-order valence-electron chi connectivity index (χ2n) is 7.70.